The van der Waals surface area contributed by atoms with Gasteiger partial charge in [-0.2, -0.15) is 0 Å². The van der Waals surface area contributed by atoms with Crippen LogP contribution in [0, 0.1) is 19.8 Å². The van der Waals surface area contributed by atoms with Gasteiger partial charge in [-0.1, -0.05) is 32.3 Å². The van der Waals surface area contributed by atoms with Crippen LogP contribution in [0.25, 0.3) is 33.3 Å². The van der Waals surface area contributed by atoms with Crippen molar-refractivity contribution in [2.24, 2.45) is 5.92 Å². The molecule has 0 radical (unpaired) electrons. The van der Waals surface area contributed by atoms with Crippen LogP contribution in [0.1, 0.15) is 61.8 Å². The normalized spacial score (nSPS) is 16.5. The molecular weight excluding hydrogens is 356 g/mol. The molecule has 1 fully saturated rings. The number of fused-ring (bicyclic) bond motifs is 3. The Morgan fingerprint density at radius 2 is 1.83 bits per heavy atom. The minimum absolute atomic E-state index is 0.568. The van der Waals surface area contributed by atoms with Crippen LogP contribution in [0.4, 0.5) is 0 Å². The average molecular weight is 385 g/mol. The van der Waals surface area contributed by atoms with Gasteiger partial charge in [0.2, 0.25) is 5.71 Å². The molecule has 1 aliphatic carbocycles. The Hall–Kier alpha value is -2.68. The Morgan fingerprint density at radius 3 is 2.66 bits per heavy atom. The lowest BCUT2D eigenvalue weighted by Gasteiger charge is -2.28. The zero-order valence-electron chi connectivity index (χ0n) is 17.5. The van der Waals surface area contributed by atoms with E-state index in [1.165, 1.54) is 43.2 Å². The van der Waals surface area contributed by atoms with E-state index in [1.807, 2.05) is 19.2 Å². The monoisotopic (exact) mass is 384 g/mol. The van der Waals surface area contributed by atoms with Crippen LogP contribution in [-0.4, -0.2) is 9.97 Å². The minimum atomic E-state index is 0.568. The lowest BCUT2D eigenvalue weighted by atomic mass is 9.78. The number of benzene rings is 1. The first kappa shape index (κ1) is 18.4. The molecule has 0 saturated heterocycles. The lowest BCUT2D eigenvalue weighted by molar-refractivity contribution is 0.316. The fourth-order valence-corrected chi connectivity index (χ4v) is 5.00. The third-order valence-electron chi connectivity index (χ3n) is 6.78. The van der Waals surface area contributed by atoms with Crippen molar-refractivity contribution in [3.63, 3.8) is 0 Å². The predicted molar refractivity (Wildman–Crippen MR) is 119 cm³/mol. The van der Waals surface area contributed by atoms with E-state index < -0.39 is 0 Å². The number of furan rings is 1. The molecule has 3 nitrogen and oxygen atoms in total. The van der Waals surface area contributed by atoms with E-state index in [0.717, 1.165) is 39.2 Å². The number of aromatic nitrogens is 2. The number of pyridine rings is 2. The Balaban J connectivity index is 1.62. The molecule has 4 aromatic rings. The van der Waals surface area contributed by atoms with E-state index in [-0.39, 0.29) is 0 Å². The van der Waals surface area contributed by atoms with Crippen molar-refractivity contribution in [1.29, 1.82) is 0 Å². The topological polar surface area (TPSA) is 38.9 Å². The molecule has 0 bridgehead atoms. The van der Waals surface area contributed by atoms with E-state index in [0.29, 0.717) is 11.6 Å². The summed E-state index contributed by atoms with van der Waals surface area (Å²) in [7, 11) is 0. The molecule has 0 N–H and O–H groups in total. The van der Waals surface area contributed by atoms with Crippen LogP contribution in [0.15, 0.2) is 47.0 Å². The van der Waals surface area contributed by atoms with E-state index in [4.69, 9.17) is 9.40 Å². The Bertz CT molecular complexity index is 1180. The van der Waals surface area contributed by atoms with E-state index in [9.17, 15) is 0 Å². The standard InChI is InChI=1S/C26H28N2O/c1-16-9-11-21(25-24(16)22-12-10-17(2)28-26(22)29-25)23-15-20(13-14-27-23)18(3)19-7-5-4-6-8-19/h9-15,18-19H,4-8H2,1-3H3. The third-order valence-corrected chi connectivity index (χ3v) is 6.78. The second kappa shape index (κ2) is 7.29. The molecule has 1 aliphatic rings. The van der Waals surface area contributed by atoms with E-state index >= 15 is 0 Å². The van der Waals surface area contributed by atoms with Gasteiger partial charge in [-0.05, 0) is 80.0 Å². The van der Waals surface area contributed by atoms with Gasteiger partial charge in [-0.25, -0.2) is 4.98 Å². The number of aryl methyl sites for hydroxylation is 2. The number of hydrogen-bond donors (Lipinski definition) is 0. The first-order chi connectivity index (χ1) is 14.1. The molecule has 0 amide bonds. The van der Waals surface area contributed by atoms with Crippen LogP contribution in [0.2, 0.25) is 0 Å². The van der Waals surface area contributed by atoms with Gasteiger partial charge in [0.25, 0.3) is 0 Å². The highest BCUT2D eigenvalue weighted by Crippen LogP contribution is 2.39. The van der Waals surface area contributed by atoms with Gasteiger partial charge in [-0.3, -0.25) is 4.98 Å². The van der Waals surface area contributed by atoms with Crippen molar-refractivity contribution in [3.05, 3.63) is 59.4 Å². The average Bonchev–Trinajstić information content (AvgIpc) is 3.13. The summed E-state index contributed by atoms with van der Waals surface area (Å²) >= 11 is 0. The summed E-state index contributed by atoms with van der Waals surface area (Å²) in [6.45, 7) is 6.52. The zero-order chi connectivity index (χ0) is 20.0. The highest BCUT2D eigenvalue weighted by molar-refractivity contribution is 6.10. The molecule has 1 atom stereocenters. The molecule has 5 rings (SSSR count). The molecule has 0 aliphatic heterocycles. The number of nitrogens with zero attached hydrogens (tertiary/aromatic N) is 2. The van der Waals surface area contributed by atoms with Gasteiger partial charge in [0.15, 0.2) is 0 Å². The second-order valence-corrected chi connectivity index (χ2v) is 8.70. The van der Waals surface area contributed by atoms with Crippen molar-refractivity contribution < 1.29 is 4.42 Å². The van der Waals surface area contributed by atoms with Crippen molar-refractivity contribution in [2.45, 2.75) is 58.8 Å². The maximum Gasteiger partial charge on any atom is 0.227 e. The molecule has 1 saturated carbocycles. The molecule has 3 aromatic heterocycles. The Kier molecular flexibility index (Phi) is 4.61. The maximum atomic E-state index is 6.27. The Labute approximate surface area is 172 Å². The fraction of sp³-hybridized carbons (Fsp3) is 0.385. The highest BCUT2D eigenvalue weighted by atomic mass is 16.3. The molecule has 1 unspecified atom stereocenters. The van der Waals surface area contributed by atoms with Gasteiger partial charge >= 0.3 is 0 Å². The Morgan fingerprint density at radius 1 is 1.00 bits per heavy atom. The van der Waals surface area contributed by atoms with Gasteiger partial charge in [0.1, 0.15) is 5.58 Å². The second-order valence-electron chi connectivity index (χ2n) is 8.70. The zero-order valence-corrected chi connectivity index (χ0v) is 17.5. The number of rotatable bonds is 3. The van der Waals surface area contributed by atoms with Crippen molar-refractivity contribution in [1.82, 2.24) is 9.97 Å². The largest absolute Gasteiger partial charge is 0.437 e. The molecule has 3 heteroatoms. The SMILES string of the molecule is Cc1ccc2c(n1)oc1c(-c3cc(C(C)C4CCCCC4)ccn3)ccc(C)c12. The molecule has 3 heterocycles. The van der Waals surface area contributed by atoms with Crippen molar-refractivity contribution in [3.8, 4) is 11.3 Å². The summed E-state index contributed by atoms with van der Waals surface area (Å²) in [6.07, 6.45) is 8.80. The third kappa shape index (κ3) is 3.23. The highest BCUT2D eigenvalue weighted by Gasteiger charge is 2.22. The first-order valence-corrected chi connectivity index (χ1v) is 10.9. The smallest absolute Gasteiger partial charge is 0.227 e. The lowest BCUT2D eigenvalue weighted by Crippen LogP contribution is -2.14. The summed E-state index contributed by atoms with van der Waals surface area (Å²) in [5.74, 6) is 1.35. The summed E-state index contributed by atoms with van der Waals surface area (Å²) in [6, 6.07) is 13.0. The fourth-order valence-electron chi connectivity index (χ4n) is 5.00. The molecular formula is C26H28N2O. The maximum absolute atomic E-state index is 6.27. The summed E-state index contributed by atoms with van der Waals surface area (Å²) in [5.41, 5.74) is 7.22. The van der Waals surface area contributed by atoms with E-state index in [1.54, 1.807) is 0 Å². The van der Waals surface area contributed by atoms with Crippen LogP contribution in [-0.2, 0) is 0 Å². The number of hydrogen-bond acceptors (Lipinski definition) is 3. The summed E-state index contributed by atoms with van der Waals surface area (Å²) < 4.78 is 6.27. The molecule has 1 aromatic carbocycles. The van der Waals surface area contributed by atoms with Crippen LogP contribution in [0.3, 0.4) is 0 Å². The van der Waals surface area contributed by atoms with Gasteiger partial charge < -0.3 is 4.42 Å². The molecule has 148 valence electrons. The quantitative estimate of drug-likeness (QED) is 0.371. The van der Waals surface area contributed by atoms with Crippen LogP contribution >= 0.6 is 0 Å². The first-order valence-electron chi connectivity index (χ1n) is 10.9. The van der Waals surface area contributed by atoms with Gasteiger partial charge in [0, 0.05) is 28.2 Å². The van der Waals surface area contributed by atoms with Crippen LogP contribution < -0.4 is 0 Å². The minimum Gasteiger partial charge on any atom is -0.437 e. The van der Waals surface area contributed by atoms with Crippen molar-refractivity contribution in [2.75, 3.05) is 0 Å². The van der Waals surface area contributed by atoms with Crippen LogP contribution in [0.5, 0.6) is 0 Å². The van der Waals surface area contributed by atoms with Gasteiger partial charge in [-0.15, -0.1) is 0 Å². The predicted octanol–water partition coefficient (Wildman–Crippen LogP) is 7.34. The summed E-state index contributed by atoms with van der Waals surface area (Å²) in [4.78, 5) is 9.33. The molecule has 0 spiro atoms. The van der Waals surface area contributed by atoms with Gasteiger partial charge in [0.05, 0.1) is 5.69 Å². The summed E-state index contributed by atoms with van der Waals surface area (Å²) in [5, 5.41) is 2.23. The van der Waals surface area contributed by atoms with E-state index in [2.05, 4.69) is 49.2 Å². The van der Waals surface area contributed by atoms with Crippen molar-refractivity contribution >= 4 is 22.1 Å². The molecule has 29 heavy (non-hydrogen) atoms.